The van der Waals surface area contributed by atoms with Crippen LogP contribution in [0.1, 0.15) is 60.5 Å². The summed E-state index contributed by atoms with van der Waals surface area (Å²) >= 11 is 0. The summed E-state index contributed by atoms with van der Waals surface area (Å²) in [6.07, 6.45) is 3.20. The van der Waals surface area contributed by atoms with Crippen molar-refractivity contribution in [2.75, 3.05) is 0 Å². The SMILES string of the molecule is CCC(C)=NOCc1c(C(N)=O)cccc1C1CC1. The van der Waals surface area contributed by atoms with Gasteiger partial charge in [-0.15, -0.1) is 0 Å². The average molecular weight is 260 g/mol. The van der Waals surface area contributed by atoms with Gasteiger partial charge in [0.05, 0.1) is 5.71 Å². The predicted molar refractivity (Wildman–Crippen MR) is 75.1 cm³/mol. The molecule has 2 N–H and O–H groups in total. The summed E-state index contributed by atoms with van der Waals surface area (Å²) in [7, 11) is 0. The number of benzene rings is 1. The van der Waals surface area contributed by atoms with Crippen molar-refractivity contribution in [3.63, 3.8) is 0 Å². The molecular weight excluding hydrogens is 240 g/mol. The van der Waals surface area contributed by atoms with E-state index in [-0.39, 0.29) is 0 Å². The Morgan fingerprint density at radius 1 is 1.47 bits per heavy atom. The molecule has 0 bridgehead atoms. The van der Waals surface area contributed by atoms with Crippen LogP contribution < -0.4 is 5.73 Å². The molecule has 0 heterocycles. The molecule has 1 aliphatic carbocycles. The van der Waals surface area contributed by atoms with E-state index in [1.54, 1.807) is 6.07 Å². The van der Waals surface area contributed by atoms with Gasteiger partial charge in [-0.05, 0) is 43.7 Å². The first-order valence-corrected chi connectivity index (χ1v) is 6.70. The van der Waals surface area contributed by atoms with Crippen LogP contribution in [0.15, 0.2) is 23.4 Å². The van der Waals surface area contributed by atoms with Gasteiger partial charge in [0.15, 0.2) is 0 Å². The normalized spacial score (nSPS) is 15.4. The van der Waals surface area contributed by atoms with E-state index in [1.165, 1.54) is 18.4 Å². The fraction of sp³-hybridized carbons (Fsp3) is 0.467. The first kappa shape index (κ1) is 13.6. The quantitative estimate of drug-likeness (QED) is 0.631. The molecule has 0 unspecified atom stereocenters. The summed E-state index contributed by atoms with van der Waals surface area (Å²) in [6, 6.07) is 5.69. The van der Waals surface area contributed by atoms with Gasteiger partial charge in [-0.2, -0.15) is 0 Å². The van der Waals surface area contributed by atoms with Gasteiger partial charge in [-0.25, -0.2) is 0 Å². The summed E-state index contributed by atoms with van der Waals surface area (Å²) in [4.78, 5) is 16.9. The largest absolute Gasteiger partial charge is 0.391 e. The van der Waals surface area contributed by atoms with Gasteiger partial charge in [0, 0.05) is 11.1 Å². The van der Waals surface area contributed by atoms with Gasteiger partial charge in [-0.3, -0.25) is 4.79 Å². The van der Waals surface area contributed by atoms with Crippen molar-refractivity contribution in [2.24, 2.45) is 10.9 Å². The number of nitrogens with two attached hydrogens (primary N) is 1. The number of rotatable bonds is 6. The molecule has 1 aromatic carbocycles. The molecule has 0 aliphatic heterocycles. The zero-order valence-electron chi connectivity index (χ0n) is 11.5. The minimum absolute atomic E-state index is 0.308. The smallest absolute Gasteiger partial charge is 0.249 e. The second-order valence-corrected chi connectivity index (χ2v) is 4.97. The molecule has 0 radical (unpaired) electrons. The third kappa shape index (κ3) is 3.34. The van der Waals surface area contributed by atoms with Crippen LogP contribution in [0.4, 0.5) is 0 Å². The lowest BCUT2D eigenvalue weighted by Crippen LogP contribution is -2.15. The molecule has 2 rings (SSSR count). The standard InChI is InChI=1S/C15H20N2O2/c1-3-10(2)17-19-9-14-12(11-7-8-11)5-4-6-13(14)15(16)18/h4-6,11H,3,7-9H2,1-2H3,(H2,16,18). The Kier molecular flexibility index (Phi) is 4.20. The molecule has 4 heteroatoms. The minimum Gasteiger partial charge on any atom is -0.391 e. The Bertz CT molecular complexity index is 505. The van der Waals surface area contributed by atoms with Crippen molar-refractivity contribution in [1.29, 1.82) is 0 Å². The summed E-state index contributed by atoms with van der Waals surface area (Å²) in [6.45, 7) is 4.25. The lowest BCUT2D eigenvalue weighted by atomic mass is 9.98. The van der Waals surface area contributed by atoms with E-state index >= 15 is 0 Å². The zero-order valence-corrected chi connectivity index (χ0v) is 11.5. The Morgan fingerprint density at radius 2 is 2.21 bits per heavy atom. The Labute approximate surface area is 113 Å². The van der Waals surface area contributed by atoms with Crippen LogP contribution in [0.2, 0.25) is 0 Å². The molecule has 19 heavy (non-hydrogen) atoms. The summed E-state index contributed by atoms with van der Waals surface area (Å²) in [5.41, 5.74) is 8.99. The minimum atomic E-state index is -0.405. The van der Waals surface area contributed by atoms with E-state index < -0.39 is 5.91 Å². The number of hydrogen-bond acceptors (Lipinski definition) is 3. The fourth-order valence-electron chi connectivity index (χ4n) is 2.05. The summed E-state index contributed by atoms with van der Waals surface area (Å²) in [5, 5.41) is 4.02. The van der Waals surface area contributed by atoms with E-state index in [4.69, 9.17) is 10.6 Å². The van der Waals surface area contributed by atoms with Gasteiger partial charge in [0.1, 0.15) is 6.61 Å². The lowest BCUT2D eigenvalue weighted by molar-refractivity contribution is 0.0987. The number of carbonyl (C=O) groups excluding carboxylic acids is 1. The van der Waals surface area contributed by atoms with Crippen molar-refractivity contribution >= 4 is 11.6 Å². The monoisotopic (exact) mass is 260 g/mol. The first-order chi connectivity index (χ1) is 9.13. The highest BCUT2D eigenvalue weighted by Gasteiger charge is 2.28. The van der Waals surface area contributed by atoms with Gasteiger partial charge < -0.3 is 10.6 Å². The van der Waals surface area contributed by atoms with Crippen molar-refractivity contribution in [3.05, 3.63) is 34.9 Å². The number of oxime groups is 1. The van der Waals surface area contributed by atoms with Crippen LogP contribution in [0.25, 0.3) is 0 Å². The Morgan fingerprint density at radius 3 is 2.79 bits per heavy atom. The molecular formula is C15H20N2O2. The van der Waals surface area contributed by atoms with Gasteiger partial charge in [0.25, 0.3) is 0 Å². The molecule has 1 aliphatic rings. The van der Waals surface area contributed by atoms with Crippen molar-refractivity contribution in [2.45, 2.75) is 45.6 Å². The molecule has 0 aromatic heterocycles. The van der Waals surface area contributed by atoms with Crippen molar-refractivity contribution in [1.82, 2.24) is 0 Å². The van der Waals surface area contributed by atoms with Gasteiger partial charge in [-0.1, -0.05) is 24.2 Å². The zero-order chi connectivity index (χ0) is 13.8. The third-order valence-electron chi connectivity index (χ3n) is 3.44. The van der Waals surface area contributed by atoms with Crippen LogP contribution in [-0.4, -0.2) is 11.6 Å². The maximum Gasteiger partial charge on any atom is 0.249 e. The maximum atomic E-state index is 11.5. The molecule has 1 amide bonds. The van der Waals surface area contributed by atoms with Crippen molar-refractivity contribution in [3.8, 4) is 0 Å². The highest BCUT2D eigenvalue weighted by atomic mass is 16.6. The third-order valence-corrected chi connectivity index (χ3v) is 3.44. The van der Waals surface area contributed by atoms with E-state index in [9.17, 15) is 4.79 Å². The van der Waals surface area contributed by atoms with Gasteiger partial charge in [0.2, 0.25) is 5.91 Å². The van der Waals surface area contributed by atoms with E-state index in [1.807, 2.05) is 19.9 Å². The Hall–Kier alpha value is -1.84. The maximum absolute atomic E-state index is 11.5. The van der Waals surface area contributed by atoms with Crippen LogP contribution >= 0.6 is 0 Å². The summed E-state index contributed by atoms with van der Waals surface area (Å²) in [5.74, 6) is 0.145. The molecule has 4 nitrogen and oxygen atoms in total. The van der Waals surface area contributed by atoms with E-state index in [2.05, 4.69) is 11.2 Å². The average Bonchev–Trinajstić information content (AvgIpc) is 3.22. The molecule has 1 aromatic rings. The first-order valence-electron chi connectivity index (χ1n) is 6.70. The molecule has 1 fully saturated rings. The highest BCUT2D eigenvalue weighted by Crippen LogP contribution is 2.42. The van der Waals surface area contributed by atoms with Crippen LogP contribution in [0, 0.1) is 0 Å². The van der Waals surface area contributed by atoms with Crippen molar-refractivity contribution < 1.29 is 9.63 Å². The summed E-state index contributed by atoms with van der Waals surface area (Å²) < 4.78 is 0. The fourth-order valence-corrected chi connectivity index (χ4v) is 2.05. The van der Waals surface area contributed by atoms with Crippen LogP contribution in [0.3, 0.4) is 0 Å². The number of amides is 1. The van der Waals surface area contributed by atoms with Crippen LogP contribution in [-0.2, 0) is 11.4 Å². The molecule has 0 saturated heterocycles. The lowest BCUT2D eigenvalue weighted by Gasteiger charge is -2.11. The second-order valence-electron chi connectivity index (χ2n) is 4.97. The topological polar surface area (TPSA) is 64.7 Å². The van der Waals surface area contributed by atoms with E-state index in [0.717, 1.165) is 17.7 Å². The molecule has 0 atom stereocenters. The second kappa shape index (κ2) is 5.87. The number of primary amides is 1. The number of carbonyl (C=O) groups is 1. The Balaban J connectivity index is 2.22. The molecule has 0 spiro atoms. The van der Waals surface area contributed by atoms with Gasteiger partial charge >= 0.3 is 0 Å². The predicted octanol–water partition coefficient (Wildman–Crippen LogP) is 2.97. The van der Waals surface area contributed by atoms with Crippen LogP contribution in [0.5, 0.6) is 0 Å². The van der Waals surface area contributed by atoms with E-state index in [0.29, 0.717) is 18.1 Å². The molecule has 1 saturated carbocycles. The number of nitrogens with zero attached hydrogens (tertiary/aromatic N) is 1. The highest BCUT2D eigenvalue weighted by molar-refractivity contribution is 5.94. The number of hydrogen-bond donors (Lipinski definition) is 1. The molecule has 102 valence electrons.